The van der Waals surface area contributed by atoms with Gasteiger partial charge in [0.2, 0.25) is 0 Å². The zero-order valence-electron chi connectivity index (χ0n) is 7.39. The summed E-state index contributed by atoms with van der Waals surface area (Å²) >= 11 is 0. The fourth-order valence-electron chi connectivity index (χ4n) is 1.51. The average Bonchev–Trinajstić information content (AvgIpc) is 2.04. The molecule has 0 aromatic heterocycles. The van der Waals surface area contributed by atoms with Gasteiger partial charge in [0.1, 0.15) is 0 Å². The van der Waals surface area contributed by atoms with E-state index < -0.39 is 0 Å². The Morgan fingerprint density at radius 2 is 1.85 bits per heavy atom. The van der Waals surface area contributed by atoms with E-state index in [0.717, 1.165) is 19.6 Å². The van der Waals surface area contributed by atoms with E-state index in [1.165, 1.54) is 5.56 Å². The van der Waals surface area contributed by atoms with Gasteiger partial charge in [0.05, 0.1) is 6.10 Å². The van der Waals surface area contributed by atoms with E-state index in [0.29, 0.717) is 0 Å². The summed E-state index contributed by atoms with van der Waals surface area (Å²) in [4.78, 5) is 2.24. The normalized spacial score (nSPS) is 17.6. The second-order valence-corrected chi connectivity index (χ2v) is 3.33. The highest BCUT2D eigenvalue weighted by Crippen LogP contribution is 2.12. The Labute approximate surface area is 84.6 Å². The van der Waals surface area contributed by atoms with Gasteiger partial charge in [-0.3, -0.25) is 4.90 Å². The highest BCUT2D eigenvalue weighted by molar-refractivity contribution is 5.85. The van der Waals surface area contributed by atoms with E-state index in [-0.39, 0.29) is 18.5 Å². The molecule has 1 aliphatic rings. The summed E-state index contributed by atoms with van der Waals surface area (Å²) in [6, 6.07) is 10.3. The molecule has 72 valence electrons. The lowest BCUT2D eigenvalue weighted by atomic mass is 10.1. The third-order valence-electron chi connectivity index (χ3n) is 2.19. The second kappa shape index (κ2) is 4.61. The van der Waals surface area contributed by atoms with Gasteiger partial charge >= 0.3 is 0 Å². The van der Waals surface area contributed by atoms with Gasteiger partial charge in [-0.05, 0) is 5.56 Å². The van der Waals surface area contributed by atoms with Gasteiger partial charge in [0.25, 0.3) is 0 Å². The van der Waals surface area contributed by atoms with Crippen LogP contribution in [0.25, 0.3) is 0 Å². The fraction of sp³-hybridized carbons (Fsp3) is 0.400. The van der Waals surface area contributed by atoms with Gasteiger partial charge in [-0.15, -0.1) is 12.4 Å². The minimum Gasteiger partial charge on any atom is -0.390 e. The van der Waals surface area contributed by atoms with Crippen LogP contribution >= 0.6 is 12.4 Å². The van der Waals surface area contributed by atoms with Crippen molar-refractivity contribution in [3.05, 3.63) is 35.9 Å². The first-order valence-corrected chi connectivity index (χ1v) is 4.29. The van der Waals surface area contributed by atoms with Crippen LogP contribution < -0.4 is 0 Å². The van der Waals surface area contributed by atoms with Crippen LogP contribution in [-0.4, -0.2) is 29.2 Å². The second-order valence-electron chi connectivity index (χ2n) is 3.33. The molecule has 1 saturated heterocycles. The average molecular weight is 200 g/mol. The monoisotopic (exact) mass is 199 g/mol. The first-order valence-electron chi connectivity index (χ1n) is 4.29. The molecular weight excluding hydrogens is 186 g/mol. The van der Waals surface area contributed by atoms with Crippen molar-refractivity contribution >= 4 is 12.4 Å². The zero-order chi connectivity index (χ0) is 8.39. The quantitative estimate of drug-likeness (QED) is 0.776. The summed E-state index contributed by atoms with van der Waals surface area (Å²) < 4.78 is 0. The van der Waals surface area contributed by atoms with Crippen molar-refractivity contribution in [1.82, 2.24) is 4.90 Å². The highest BCUT2D eigenvalue weighted by atomic mass is 35.5. The molecule has 0 amide bonds. The number of hydrogen-bond donors (Lipinski definition) is 1. The molecule has 3 heteroatoms. The zero-order valence-corrected chi connectivity index (χ0v) is 8.20. The predicted molar refractivity (Wildman–Crippen MR) is 55.0 cm³/mol. The number of β-amino-alcohol motifs (C(OH)–C–C–N with tert-alkyl or cyclic N) is 1. The number of halogens is 1. The summed E-state index contributed by atoms with van der Waals surface area (Å²) in [6.45, 7) is 2.63. The molecule has 13 heavy (non-hydrogen) atoms. The summed E-state index contributed by atoms with van der Waals surface area (Å²) in [5.41, 5.74) is 1.32. The molecule has 1 aliphatic heterocycles. The number of hydrogen-bond acceptors (Lipinski definition) is 2. The van der Waals surface area contributed by atoms with Gasteiger partial charge in [-0.1, -0.05) is 30.3 Å². The number of rotatable bonds is 2. The maximum atomic E-state index is 9.05. The molecule has 0 unspecified atom stereocenters. The van der Waals surface area contributed by atoms with Crippen molar-refractivity contribution in [1.29, 1.82) is 0 Å². The van der Waals surface area contributed by atoms with Crippen LogP contribution in [0, 0.1) is 0 Å². The fourth-order valence-corrected chi connectivity index (χ4v) is 1.51. The molecule has 1 N–H and O–H groups in total. The Hall–Kier alpha value is -0.570. The molecule has 1 aromatic carbocycles. The Morgan fingerprint density at radius 3 is 2.38 bits per heavy atom. The first kappa shape index (κ1) is 10.5. The maximum absolute atomic E-state index is 9.05. The van der Waals surface area contributed by atoms with Crippen molar-refractivity contribution in [2.45, 2.75) is 12.6 Å². The molecule has 2 nitrogen and oxygen atoms in total. The van der Waals surface area contributed by atoms with Crippen LogP contribution in [0.5, 0.6) is 0 Å². The van der Waals surface area contributed by atoms with Crippen molar-refractivity contribution < 1.29 is 5.11 Å². The topological polar surface area (TPSA) is 23.5 Å². The molecule has 0 atom stereocenters. The Morgan fingerprint density at radius 1 is 1.23 bits per heavy atom. The summed E-state index contributed by atoms with van der Waals surface area (Å²) in [7, 11) is 0. The molecule has 0 spiro atoms. The van der Waals surface area contributed by atoms with E-state index in [9.17, 15) is 0 Å². The summed E-state index contributed by atoms with van der Waals surface area (Å²) in [5.74, 6) is 0. The lowest BCUT2D eigenvalue weighted by molar-refractivity contribution is -0.00286. The van der Waals surface area contributed by atoms with Crippen LogP contribution in [0.3, 0.4) is 0 Å². The van der Waals surface area contributed by atoms with Gasteiger partial charge in [-0.25, -0.2) is 0 Å². The molecule has 1 heterocycles. The molecule has 0 radical (unpaired) electrons. The van der Waals surface area contributed by atoms with Crippen molar-refractivity contribution in [2.24, 2.45) is 0 Å². The maximum Gasteiger partial charge on any atom is 0.0794 e. The van der Waals surface area contributed by atoms with Crippen molar-refractivity contribution in [2.75, 3.05) is 13.1 Å². The summed E-state index contributed by atoms with van der Waals surface area (Å²) in [5, 5.41) is 9.05. The molecule has 0 bridgehead atoms. The molecule has 1 fully saturated rings. The van der Waals surface area contributed by atoms with Gasteiger partial charge in [0.15, 0.2) is 0 Å². The van der Waals surface area contributed by atoms with E-state index in [1.54, 1.807) is 0 Å². The number of aliphatic hydroxyl groups excluding tert-OH is 1. The van der Waals surface area contributed by atoms with Crippen LogP contribution in [0.4, 0.5) is 0 Å². The molecule has 0 saturated carbocycles. The molecule has 1 aromatic rings. The lowest BCUT2D eigenvalue weighted by Gasteiger charge is -2.35. The van der Waals surface area contributed by atoms with Crippen molar-refractivity contribution in [3.8, 4) is 0 Å². The highest BCUT2D eigenvalue weighted by Gasteiger charge is 2.23. The van der Waals surface area contributed by atoms with E-state index in [4.69, 9.17) is 5.11 Å². The Kier molecular flexibility index (Phi) is 3.72. The minimum atomic E-state index is -0.0892. The SMILES string of the molecule is Cl.OC1CN(Cc2ccccc2)C1. The number of benzene rings is 1. The number of nitrogens with zero attached hydrogens (tertiary/aromatic N) is 1. The van der Waals surface area contributed by atoms with E-state index in [2.05, 4.69) is 17.0 Å². The predicted octanol–water partition coefficient (Wildman–Crippen LogP) is 1.28. The lowest BCUT2D eigenvalue weighted by Crippen LogP contribution is -2.49. The van der Waals surface area contributed by atoms with E-state index in [1.807, 2.05) is 18.2 Å². The molecule has 0 aliphatic carbocycles. The smallest absolute Gasteiger partial charge is 0.0794 e. The number of likely N-dealkylation sites (tertiary alicyclic amines) is 1. The molecule has 2 rings (SSSR count). The third kappa shape index (κ3) is 2.69. The van der Waals surface area contributed by atoms with E-state index >= 15 is 0 Å². The first-order chi connectivity index (χ1) is 5.84. The number of aliphatic hydroxyl groups is 1. The van der Waals surface area contributed by atoms with Gasteiger partial charge in [0, 0.05) is 19.6 Å². The van der Waals surface area contributed by atoms with Crippen LogP contribution in [-0.2, 0) is 6.54 Å². The Bertz CT molecular complexity index is 246. The van der Waals surface area contributed by atoms with Crippen LogP contribution in [0.15, 0.2) is 30.3 Å². The van der Waals surface area contributed by atoms with Crippen LogP contribution in [0.1, 0.15) is 5.56 Å². The van der Waals surface area contributed by atoms with Crippen molar-refractivity contribution in [3.63, 3.8) is 0 Å². The molecular formula is C10H14ClNO. The standard InChI is InChI=1S/C10H13NO.ClH/c12-10-7-11(8-10)6-9-4-2-1-3-5-9;/h1-5,10,12H,6-8H2;1H. The summed E-state index contributed by atoms with van der Waals surface area (Å²) in [6.07, 6.45) is -0.0892. The third-order valence-corrected chi connectivity index (χ3v) is 2.19. The van der Waals surface area contributed by atoms with Gasteiger partial charge < -0.3 is 5.11 Å². The Balaban J connectivity index is 0.000000845. The largest absolute Gasteiger partial charge is 0.390 e. The van der Waals surface area contributed by atoms with Gasteiger partial charge in [-0.2, -0.15) is 0 Å². The minimum absolute atomic E-state index is 0. The van der Waals surface area contributed by atoms with Crippen LogP contribution in [0.2, 0.25) is 0 Å².